The van der Waals surface area contributed by atoms with Gasteiger partial charge in [0.05, 0.1) is 0 Å². The molecular formula is C16H28O. The maximum absolute atomic E-state index is 9.40. The Morgan fingerprint density at radius 3 is 2.06 bits per heavy atom. The average Bonchev–Trinajstić information content (AvgIpc) is 3.01. The number of hydrogen-bond donors (Lipinski definition) is 1. The summed E-state index contributed by atoms with van der Waals surface area (Å²) in [5.74, 6) is 1.67. The van der Waals surface area contributed by atoms with E-state index in [1.807, 2.05) is 0 Å². The van der Waals surface area contributed by atoms with Crippen molar-refractivity contribution in [1.29, 1.82) is 0 Å². The minimum absolute atomic E-state index is 0.269. The van der Waals surface area contributed by atoms with Crippen molar-refractivity contribution in [2.24, 2.45) is 33.5 Å². The van der Waals surface area contributed by atoms with Crippen molar-refractivity contribution < 1.29 is 5.11 Å². The predicted molar refractivity (Wildman–Crippen MR) is 70.6 cm³/mol. The van der Waals surface area contributed by atoms with Gasteiger partial charge in [-0.15, -0.1) is 0 Å². The summed E-state index contributed by atoms with van der Waals surface area (Å²) in [6, 6.07) is 0. The van der Waals surface area contributed by atoms with Gasteiger partial charge in [-0.3, -0.25) is 0 Å². The molecule has 0 aromatic heterocycles. The summed E-state index contributed by atoms with van der Waals surface area (Å²) in [6.07, 6.45) is 5.47. The van der Waals surface area contributed by atoms with Crippen LogP contribution in [0.5, 0.6) is 0 Å². The van der Waals surface area contributed by atoms with Crippen LogP contribution in [-0.2, 0) is 0 Å². The standard InChI is InChI=1S/C16H28O/c1-13(2)11(6-12-7-14(12,3)10-17)8-15(4)9-16(13,15)5/h11-12,17H,6-10H2,1-5H3. The van der Waals surface area contributed by atoms with Crippen molar-refractivity contribution in [1.82, 2.24) is 0 Å². The zero-order valence-corrected chi connectivity index (χ0v) is 12.1. The van der Waals surface area contributed by atoms with Crippen molar-refractivity contribution in [3.63, 3.8) is 0 Å². The highest BCUT2D eigenvalue weighted by molar-refractivity contribution is 5.23. The van der Waals surface area contributed by atoms with E-state index in [2.05, 4.69) is 34.6 Å². The lowest BCUT2D eigenvalue weighted by Gasteiger charge is -2.36. The molecule has 98 valence electrons. The van der Waals surface area contributed by atoms with Gasteiger partial charge in [0.25, 0.3) is 0 Å². The van der Waals surface area contributed by atoms with E-state index in [-0.39, 0.29) is 5.41 Å². The largest absolute Gasteiger partial charge is 0.396 e. The SMILES string of the molecule is CC1(CO)CC1CC1CC2(C)CC2(C)C1(C)C. The lowest BCUT2D eigenvalue weighted by molar-refractivity contribution is 0.125. The second kappa shape index (κ2) is 2.92. The van der Waals surface area contributed by atoms with Gasteiger partial charge in [0.15, 0.2) is 0 Å². The predicted octanol–water partition coefficient (Wildman–Crippen LogP) is 3.86. The lowest BCUT2D eigenvalue weighted by Crippen LogP contribution is -2.28. The van der Waals surface area contributed by atoms with Gasteiger partial charge >= 0.3 is 0 Å². The molecule has 1 heteroatoms. The molecule has 3 aliphatic rings. The molecule has 1 nitrogen and oxygen atoms in total. The highest BCUT2D eigenvalue weighted by atomic mass is 16.3. The third kappa shape index (κ3) is 1.30. The smallest absolute Gasteiger partial charge is 0.0487 e. The Kier molecular flexibility index (Phi) is 2.07. The second-order valence-corrected chi connectivity index (χ2v) is 8.64. The van der Waals surface area contributed by atoms with Crippen LogP contribution < -0.4 is 0 Å². The molecule has 0 saturated heterocycles. The van der Waals surface area contributed by atoms with Gasteiger partial charge in [-0.1, -0.05) is 34.6 Å². The van der Waals surface area contributed by atoms with Crippen LogP contribution in [0.25, 0.3) is 0 Å². The molecule has 0 aromatic rings. The number of aliphatic hydroxyl groups excluding tert-OH is 1. The second-order valence-electron chi connectivity index (χ2n) is 8.64. The molecule has 0 radical (unpaired) electrons. The van der Waals surface area contributed by atoms with Crippen LogP contribution in [0.4, 0.5) is 0 Å². The Morgan fingerprint density at radius 2 is 1.65 bits per heavy atom. The van der Waals surface area contributed by atoms with Crippen LogP contribution in [0.3, 0.4) is 0 Å². The van der Waals surface area contributed by atoms with Crippen molar-refractivity contribution in [2.45, 2.75) is 60.3 Å². The normalized spacial score (nSPS) is 58.9. The van der Waals surface area contributed by atoms with Crippen LogP contribution in [0.2, 0.25) is 0 Å². The molecule has 3 rings (SSSR count). The summed E-state index contributed by atoms with van der Waals surface area (Å²) >= 11 is 0. The fourth-order valence-corrected chi connectivity index (χ4v) is 5.08. The van der Waals surface area contributed by atoms with E-state index in [1.54, 1.807) is 0 Å². The molecule has 0 amide bonds. The number of hydrogen-bond acceptors (Lipinski definition) is 1. The molecule has 17 heavy (non-hydrogen) atoms. The molecule has 3 aliphatic carbocycles. The Hall–Kier alpha value is -0.0400. The summed E-state index contributed by atoms with van der Waals surface area (Å²) in [6.45, 7) is 12.6. The fourth-order valence-electron chi connectivity index (χ4n) is 5.08. The average molecular weight is 236 g/mol. The summed E-state index contributed by atoms with van der Waals surface area (Å²) in [5, 5.41) is 9.40. The maximum Gasteiger partial charge on any atom is 0.0487 e. The first-order chi connectivity index (χ1) is 7.69. The minimum atomic E-state index is 0.269. The van der Waals surface area contributed by atoms with Crippen LogP contribution in [0.15, 0.2) is 0 Å². The topological polar surface area (TPSA) is 20.2 Å². The first-order valence-electron chi connectivity index (χ1n) is 7.29. The Morgan fingerprint density at radius 1 is 1.00 bits per heavy atom. The summed E-state index contributed by atoms with van der Waals surface area (Å²) in [7, 11) is 0. The van der Waals surface area contributed by atoms with Gasteiger partial charge in [0.1, 0.15) is 0 Å². The van der Waals surface area contributed by atoms with Gasteiger partial charge in [-0.2, -0.15) is 0 Å². The van der Waals surface area contributed by atoms with E-state index in [9.17, 15) is 5.11 Å². The zero-order valence-electron chi connectivity index (χ0n) is 12.1. The number of aliphatic hydroxyl groups is 1. The molecule has 0 heterocycles. The van der Waals surface area contributed by atoms with Crippen LogP contribution in [0.1, 0.15) is 60.3 Å². The molecular weight excluding hydrogens is 208 g/mol. The Labute approximate surface area is 106 Å². The molecule has 0 spiro atoms. The molecule has 3 fully saturated rings. The quantitative estimate of drug-likeness (QED) is 0.789. The Bertz CT molecular complexity index is 361. The molecule has 0 bridgehead atoms. The minimum Gasteiger partial charge on any atom is -0.396 e. The van der Waals surface area contributed by atoms with Crippen LogP contribution >= 0.6 is 0 Å². The van der Waals surface area contributed by atoms with Gasteiger partial charge in [0.2, 0.25) is 0 Å². The van der Waals surface area contributed by atoms with Gasteiger partial charge in [0, 0.05) is 6.61 Å². The van der Waals surface area contributed by atoms with E-state index >= 15 is 0 Å². The molecule has 0 aliphatic heterocycles. The lowest BCUT2D eigenvalue weighted by atomic mass is 9.69. The summed E-state index contributed by atoms with van der Waals surface area (Å²) in [4.78, 5) is 0. The van der Waals surface area contributed by atoms with Crippen LogP contribution in [0, 0.1) is 33.5 Å². The van der Waals surface area contributed by atoms with Gasteiger partial charge in [-0.05, 0) is 59.2 Å². The number of rotatable bonds is 3. The highest BCUT2D eigenvalue weighted by Gasteiger charge is 2.74. The van der Waals surface area contributed by atoms with E-state index in [4.69, 9.17) is 0 Å². The van der Waals surface area contributed by atoms with E-state index in [0.29, 0.717) is 22.9 Å². The Balaban J connectivity index is 1.71. The summed E-state index contributed by atoms with van der Waals surface area (Å²) in [5.41, 5.74) is 1.99. The van der Waals surface area contributed by atoms with Gasteiger partial charge in [-0.25, -0.2) is 0 Å². The first kappa shape index (κ1) is 12.0. The van der Waals surface area contributed by atoms with Crippen molar-refractivity contribution in [3.8, 4) is 0 Å². The first-order valence-corrected chi connectivity index (χ1v) is 7.29. The van der Waals surface area contributed by atoms with Crippen molar-refractivity contribution in [2.75, 3.05) is 6.61 Å². The third-order valence-electron chi connectivity index (χ3n) is 7.56. The molecule has 5 atom stereocenters. The molecule has 3 saturated carbocycles. The summed E-state index contributed by atoms with van der Waals surface area (Å²) < 4.78 is 0. The monoisotopic (exact) mass is 236 g/mol. The van der Waals surface area contributed by atoms with E-state index < -0.39 is 0 Å². The van der Waals surface area contributed by atoms with Crippen molar-refractivity contribution in [3.05, 3.63) is 0 Å². The number of fused-ring (bicyclic) bond motifs is 1. The maximum atomic E-state index is 9.40. The molecule has 1 N–H and O–H groups in total. The molecule has 0 aromatic carbocycles. The third-order valence-corrected chi connectivity index (χ3v) is 7.56. The van der Waals surface area contributed by atoms with E-state index in [0.717, 1.165) is 11.8 Å². The zero-order chi connectivity index (χ0) is 12.7. The van der Waals surface area contributed by atoms with Crippen LogP contribution in [-0.4, -0.2) is 11.7 Å². The highest BCUT2D eigenvalue weighted by Crippen LogP contribution is 2.82. The van der Waals surface area contributed by atoms with Crippen molar-refractivity contribution >= 4 is 0 Å². The van der Waals surface area contributed by atoms with Gasteiger partial charge < -0.3 is 5.11 Å². The fraction of sp³-hybridized carbons (Fsp3) is 1.00. The van der Waals surface area contributed by atoms with E-state index in [1.165, 1.54) is 25.7 Å². The molecule has 5 unspecified atom stereocenters.